The van der Waals surface area contributed by atoms with Gasteiger partial charge in [0.2, 0.25) is 0 Å². The van der Waals surface area contributed by atoms with Crippen LogP contribution in [-0.2, 0) is 4.79 Å². The second-order valence-electron chi connectivity index (χ2n) is 2.84. The number of hydrogen-bond acceptors (Lipinski definition) is 4. The van der Waals surface area contributed by atoms with Crippen LogP contribution in [0.3, 0.4) is 0 Å². The monoisotopic (exact) mass is 288 g/mol. The molecular weight excluding hydrogens is 286 g/mol. The van der Waals surface area contributed by atoms with Crippen molar-refractivity contribution in [3.63, 3.8) is 0 Å². The molecule has 0 aliphatic heterocycles. The number of rotatable bonds is 1. The van der Waals surface area contributed by atoms with Crippen molar-refractivity contribution in [3.05, 3.63) is 26.2 Å². The standard InChI is InChI=1S/C10H3Cl3N2O2/c1-4(16)17-10-6(3-15)7(11)5(2-14)8(12)9(10)13/h1H3. The van der Waals surface area contributed by atoms with Crippen LogP contribution in [0.15, 0.2) is 0 Å². The van der Waals surface area contributed by atoms with E-state index in [1.165, 1.54) is 0 Å². The molecular formula is C10H3Cl3N2O2. The molecule has 0 aliphatic rings. The number of carbonyl (C=O) groups excluding carboxylic acids is 1. The van der Waals surface area contributed by atoms with Gasteiger partial charge in [-0.25, -0.2) is 0 Å². The molecule has 86 valence electrons. The number of halogens is 3. The van der Waals surface area contributed by atoms with Gasteiger partial charge in [-0.15, -0.1) is 0 Å². The minimum absolute atomic E-state index is 0.134. The number of carbonyl (C=O) groups is 1. The van der Waals surface area contributed by atoms with E-state index in [2.05, 4.69) is 0 Å². The van der Waals surface area contributed by atoms with Crippen molar-refractivity contribution in [1.29, 1.82) is 10.5 Å². The lowest BCUT2D eigenvalue weighted by atomic mass is 10.1. The molecule has 1 aromatic carbocycles. The number of hydrogen-bond donors (Lipinski definition) is 0. The molecule has 4 nitrogen and oxygen atoms in total. The number of nitriles is 2. The molecule has 0 atom stereocenters. The summed E-state index contributed by atoms with van der Waals surface area (Å²) in [5.74, 6) is -0.920. The molecule has 0 saturated carbocycles. The first-order valence-corrected chi connectivity index (χ1v) is 5.26. The van der Waals surface area contributed by atoms with Crippen LogP contribution >= 0.6 is 34.8 Å². The van der Waals surface area contributed by atoms with Crippen LogP contribution in [0, 0.1) is 22.7 Å². The summed E-state index contributed by atoms with van der Waals surface area (Å²) >= 11 is 17.4. The molecule has 0 fully saturated rings. The van der Waals surface area contributed by atoms with E-state index in [-0.39, 0.29) is 31.9 Å². The summed E-state index contributed by atoms with van der Waals surface area (Å²) < 4.78 is 4.76. The second kappa shape index (κ2) is 5.25. The van der Waals surface area contributed by atoms with E-state index < -0.39 is 5.97 Å². The Bertz CT molecular complexity index is 585. The maximum atomic E-state index is 10.9. The van der Waals surface area contributed by atoms with E-state index in [0.29, 0.717) is 0 Å². The van der Waals surface area contributed by atoms with Gasteiger partial charge in [-0.05, 0) is 0 Å². The fraction of sp³-hybridized carbons (Fsp3) is 0.100. The van der Waals surface area contributed by atoms with Crippen molar-refractivity contribution in [2.75, 3.05) is 0 Å². The third-order valence-electron chi connectivity index (χ3n) is 1.75. The third-order valence-corrected chi connectivity index (χ3v) is 2.96. The van der Waals surface area contributed by atoms with Crippen LogP contribution < -0.4 is 4.74 Å². The summed E-state index contributed by atoms with van der Waals surface area (Å²) in [7, 11) is 0. The molecule has 0 aliphatic carbocycles. The Kier molecular flexibility index (Phi) is 4.20. The predicted octanol–water partition coefficient (Wildman–Crippen LogP) is 3.32. The number of benzene rings is 1. The van der Waals surface area contributed by atoms with Gasteiger partial charge in [0.15, 0.2) is 5.75 Å². The molecule has 0 bridgehead atoms. The second-order valence-corrected chi connectivity index (χ2v) is 3.97. The van der Waals surface area contributed by atoms with Crippen molar-refractivity contribution in [2.24, 2.45) is 0 Å². The van der Waals surface area contributed by atoms with E-state index >= 15 is 0 Å². The first-order valence-electron chi connectivity index (χ1n) is 4.13. The number of esters is 1. The summed E-state index contributed by atoms with van der Waals surface area (Å²) in [5.41, 5.74) is -0.335. The van der Waals surface area contributed by atoms with Gasteiger partial charge in [0.25, 0.3) is 0 Å². The summed E-state index contributed by atoms with van der Waals surface area (Å²) in [5, 5.41) is 17.2. The van der Waals surface area contributed by atoms with Crippen molar-refractivity contribution >= 4 is 40.8 Å². The van der Waals surface area contributed by atoms with E-state index in [1.807, 2.05) is 0 Å². The Morgan fingerprint density at radius 1 is 1.06 bits per heavy atom. The summed E-state index contributed by atoms with van der Waals surface area (Å²) in [6.07, 6.45) is 0. The van der Waals surface area contributed by atoms with Gasteiger partial charge in [-0.1, -0.05) is 34.8 Å². The molecule has 0 amide bonds. The van der Waals surface area contributed by atoms with Crippen LogP contribution in [0.25, 0.3) is 0 Å². The van der Waals surface area contributed by atoms with Gasteiger partial charge in [0, 0.05) is 6.92 Å². The summed E-state index contributed by atoms with van der Waals surface area (Å²) in [6, 6.07) is 3.43. The molecule has 0 aromatic heterocycles. The van der Waals surface area contributed by atoms with Crippen molar-refractivity contribution in [3.8, 4) is 17.9 Å². The Hall–Kier alpha value is -1.46. The first kappa shape index (κ1) is 13.6. The van der Waals surface area contributed by atoms with Gasteiger partial charge < -0.3 is 4.74 Å². The topological polar surface area (TPSA) is 73.9 Å². The minimum Gasteiger partial charge on any atom is -0.424 e. The maximum Gasteiger partial charge on any atom is 0.308 e. The van der Waals surface area contributed by atoms with Crippen LogP contribution in [0.5, 0.6) is 5.75 Å². The Labute approximate surface area is 112 Å². The Morgan fingerprint density at radius 3 is 2.00 bits per heavy atom. The minimum atomic E-state index is -0.680. The van der Waals surface area contributed by atoms with Gasteiger partial charge in [0.1, 0.15) is 22.7 Å². The van der Waals surface area contributed by atoms with E-state index in [9.17, 15) is 4.79 Å². The zero-order valence-electron chi connectivity index (χ0n) is 8.34. The molecule has 0 N–H and O–H groups in total. The molecule has 0 spiro atoms. The molecule has 1 rings (SSSR count). The molecule has 17 heavy (non-hydrogen) atoms. The Balaban J connectivity index is 3.68. The van der Waals surface area contributed by atoms with Crippen molar-refractivity contribution < 1.29 is 9.53 Å². The molecule has 1 aromatic rings. The highest BCUT2D eigenvalue weighted by atomic mass is 35.5. The molecule has 0 saturated heterocycles. The lowest BCUT2D eigenvalue weighted by Gasteiger charge is -2.10. The fourth-order valence-corrected chi connectivity index (χ4v) is 1.84. The fourth-order valence-electron chi connectivity index (χ4n) is 1.08. The smallest absolute Gasteiger partial charge is 0.308 e. The summed E-state index contributed by atoms with van der Waals surface area (Å²) in [6.45, 7) is 1.14. The number of ether oxygens (including phenoxy) is 1. The molecule has 0 unspecified atom stereocenters. The average molecular weight is 290 g/mol. The quantitative estimate of drug-likeness (QED) is 0.451. The molecule has 0 radical (unpaired) electrons. The maximum absolute atomic E-state index is 10.9. The lowest BCUT2D eigenvalue weighted by molar-refractivity contribution is -0.131. The highest BCUT2D eigenvalue weighted by Crippen LogP contribution is 2.42. The van der Waals surface area contributed by atoms with Gasteiger partial charge in [-0.2, -0.15) is 10.5 Å². The molecule has 0 heterocycles. The van der Waals surface area contributed by atoms with Crippen LogP contribution in [0.2, 0.25) is 15.1 Å². The van der Waals surface area contributed by atoms with Crippen LogP contribution in [-0.4, -0.2) is 5.97 Å². The van der Waals surface area contributed by atoms with Gasteiger partial charge in [-0.3, -0.25) is 4.79 Å². The van der Waals surface area contributed by atoms with Crippen molar-refractivity contribution in [2.45, 2.75) is 6.92 Å². The van der Waals surface area contributed by atoms with Gasteiger partial charge in [0.05, 0.1) is 15.6 Å². The highest BCUT2D eigenvalue weighted by molar-refractivity contribution is 6.46. The average Bonchev–Trinajstić information content (AvgIpc) is 2.26. The number of nitrogens with zero attached hydrogens (tertiary/aromatic N) is 2. The lowest BCUT2D eigenvalue weighted by Crippen LogP contribution is -2.05. The molecule has 7 heteroatoms. The van der Waals surface area contributed by atoms with E-state index in [4.69, 9.17) is 50.1 Å². The third kappa shape index (κ3) is 2.45. The predicted molar refractivity (Wildman–Crippen MR) is 62.2 cm³/mol. The van der Waals surface area contributed by atoms with Crippen molar-refractivity contribution in [1.82, 2.24) is 0 Å². The zero-order valence-corrected chi connectivity index (χ0v) is 10.6. The highest BCUT2D eigenvalue weighted by Gasteiger charge is 2.23. The van der Waals surface area contributed by atoms with Crippen LogP contribution in [0.4, 0.5) is 0 Å². The normalized spacial score (nSPS) is 9.29. The Morgan fingerprint density at radius 2 is 1.59 bits per heavy atom. The first-order chi connectivity index (χ1) is 7.93. The van der Waals surface area contributed by atoms with E-state index in [1.54, 1.807) is 12.1 Å². The largest absolute Gasteiger partial charge is 0.424 e. The summed E-state index contributed by atoms with van der Waals surface area (Å²) in [4.78, 5) is 10.9. The van der Waals surface area contributed by atoms with Gasteiger partial charge >= 0.3 is 5.97 Å². The zero-order chi connectivity index (χ0) is 13.2. The SMILES string of the molecule is CC(=O)Oc1c(Cl)c(Cl)c(C#N)c(Cl)c1C#N. The van der Waals surface area contributed by atoms with E-state index in [0.717, 1.165) is 6.92 Å². The van der Waals surface area contributed by atoms with Crippen LogP contribution in [0.1, 0.15) is 18.1 Å².